The van der Waals surface area contributed by atoms with Gasteiger partial charge in [0.2, 0.25) is 5.91 Å². The van der Waals surface area contributed by atoms with Gasteiger partial charge in [-0.1, -0.05) is 27.7 Å². The number of piperazine rings is 1. The molecule has 0 aromatic rings. The Balaban J connectivity index is 2.35. The van der Waals surface area contributed by atoms with E-state index in [-0.39, 0.29) is 4.75 Å². The number of likely N-dealkylation sites (N-methyl/N-ethyl adjacent to an activating group) is 1. The SMILES string of the molecule is CC(C)C(C)(C)SCC(=O)N1CCN(C)CC1. The van der Waals surface area contributed by atoms with Crippen LogP contribution in [0.2, 0.25) is 0 Å². The molecule has 1 saturated heterocycles. The Morgan fingerprint density at radius 3 is 2.24 bits per heavy atom. The van der Waals surface area contributed by atoms with Gasteiger partial charge in [0.1, 0.15) is 0 Å². The molecule has 0 aliphatic carbocycles. The Hall–Kier alpha value is -0.220. The van der Waals surface area contributed by atoms with Crippen molar-refractivity contribution >= 4 is 17.7 Å². The number of hydrogen-bond donors (Lipinski definition) is 0. The third kappa shape index (κ3) is 4.51. The summed E-state index contributed by atoms with van der Waals surface area (Å²) in [6, 6.07) is 0. The second kappa shape index (κ2) is 6.10. The van der Waals surface area contributed by atoms with Gasteiger partial charge in [0.05, 0.1) is 5.75 Å². The van der Waals surface area contributed by atoms with Crippen LogP contribution in [-0.2, 0) is 4.79 Å². The fourth-order valence-electron chi connectivity index (χ4n) is 1.56. The van der Waals surface area contributed by atoms with Crippen LogP contribution in [0.15, 0.2) is 0 Å². The fraction of sp³-hybridized carbons (Fsp3) is 0.923. The Labute approximate surface area is 110 Å². The third-order valence-electron chi connectivity index (χ3n) is 3.81. The van der Waals surface area contributed by atoms with Crippen LogP contribution in [0, 0.1) is 5.92 Å². The Bertz CT molecular complexity index is 258. The normalized spacial score (nSPS) is 18.8. The van der Waals surface area contributed by atoms with Crippen molar-refractivity contribution in [1.29, 1.82) is 0 Å². The van der Waals surface area contributed by atoms with Crippen LogP contribution in [0.1, 0.15) is 27.7 Å². The van der Waals surface area contributed by atoms with Gasteiger partial charge in [-0.2, -0.15) is 0 Å². The van der Waals surface area contributed by atoms with Crippen molar-refractivity contribution in [3.8, 4) is 0 Å². The highest BCUT2D eigenvalue weighted by atomic mass is 32.2. The summed E-state index contributed by atoms with van der Waals surface area (Å²) >= 11 is 1.78. The first kappa shape index (κ1) is 14.8. The predicted molar refractivity (Wildman–Crippen MR) is 75.5 cm³/mol. The number of carbonyl (C=O) groups is 1. The molecule has 17 heavy (non-hydrogen) atoms. The lowest BCUT2D eigenvalue weighted by atomic mass is 10.00. The fourth-order valence-corrected chi connectivity index (χ4v) is 2.57. The minimum atomic E-state index is 0.183. The monoisotopic (exact) mass is 258 g/mol. The molecule has 4 heteroatoms. The van der Waals surface area contributed by atoms with Crippen LogP contribution in [0.3, 0.4) is 0 Å². The molecule has 0 saturated carbocycles. The summed E-state index contributed by atoms with van der Waals surface area (Å²) in [6.07, 6.45) is 0. The molecule has 0 spiro atoms. The molecule has 0 aromatic heterocycles. The van der Waals surface area contributed by atoms with E-state index in [1.807, 2.05) is 4.90 Å². The van der Waals surface area contributed by atoms with Crippen molar-refractivity contribution in [1.82, 2.24) is 9.80 Å². The van der Waals surface area contributed by atoms with Crippen molar-refractivity contribution in [2.75, 3.05) is 39.0 Å². The van der Waals surface area contributed by atoms with E-state index in [9.17, 15) is 4.79 Å². The highest BCUT2D eigenvalue weighted by Crippen LogP contribution is 2.32. The van der Waals surface area contributed by atoms with Crippen LogP contribution in [-0.4, -0.2) is 59.4 Å². The summed E-state index contributed by atoms with van der Waals surface area (Å²) in [4.78, 5) is 16.3. The maximum Gasteiger partial charge on any atom is 0.232 e. The molecule has 3 nitrogen and oxygen atoms in total. The predicted octanol–water partition coefficient (Wildman–Crippen LogP) is 1.93. The van der Waals surface area contributed by atoms with Crippen LogP contribution in [0.5, 0.6) is 0 Å². The smallest absolute Gasteiger partial charge is 0.232 e. The molecule has 1 aliphatic heterocycles. The number of nitrogens with zero attached hydrogens (tertiary/aromatic N) is 2. The molecule has 0 bridgehead atoms. The average Bonchev–Trinajstić information content (AvgIpc) is 2.27. The van der Waals surface area contributed by atoms with E-state index < -0.39 is 0 Å². The first-order valence-corrected chi connectivity index (χ1v) is 7.42. The molecule has 1 heterocycles. The van der Waals surface area contributed by atoms with Crippen molar-refractivity contribution < 1.29 is 4.79 Å². The summed E-state index contributed by atoms with van der Waals surface area (Å²) in [5.74, 6) is 1.51. The zero-order chi connectivity index (χ0) is 13.1. The van der Waals surface area contributed by atoms with Gasteiger partial charge in [-0.25, -0.2) is 0 Å². The van der Waals surface area contributed by atoms with Gasteiger partial charge in [-0.15, -0.1) is 11.8 Å². The molecule has 0 atom stereocenters. The van der Waals surface area contributed by atoms with E-state index in [2.05, 4.69) is 39.6 Å². The van der Waals surface area contributed by atoms with E-state index in [0.29, 0.717) is 17.6 Å². The van der Waals surface area contributed by atoms with Crippen molar-refractivity contribution in [2.24, 2.45) is 5.92 Å². The first-order valence-electron chi connectivity index (χ1n) is 6.43. The lowest BCUT2D eigenvalue weighted by Gasteiger charge is -2.34. The van der Waals surface area contributed by atoms with E-state index in [1.54, 1.807) is 11.8 Å². The standard InChI is InChI=1S/C13H26N2OS/c1-11(2)13(3,4)17-10-12(16)15-8-6-14(5)7-9-15/h11H,6-10H2,1-5H3. The van der Waals surface area contributed by atoms with E-state index in [0.717, 1.165) is 26.2 Å². The molecule has 1 amide bonds. The number of rotatable bonds is 4. The van der Waals surface area contributed by atoms with Crippen LogP contribution < -0.4 is 0 Å². The number of hydrogen-bond acceptors (Lipinski definition) is 3. The molecule has 100 valence electrons. The summed E-state index contributed by atoms with van der Waals surface area (Å²) < 4.78 is 0.183. The molecule has 0 aromatic carbocycles. The highest BCUT2D eigenvalue weighted by Gasteiger charge is 2.26. The van der Waals surface area contributed by atoms with Gasteiger partial charge < -0.3 is 9.80 Å². The third-order valence-corrected chi connectivity index (χ3v) is 5.42. The number of carbonyl (C=O) groups excluding carboxylic acids is 1. The second-order valence-corrected chi connectivity index (χ2v) is 7.36. The van der Waals surface area contributed by atoms with E-state index in [4.69, 9.17) is 0 Å². The zero-order valence-electron chi connectivity index (χ0n) is 11.8. The van der Waals surface area contributed by atoms with Gasteiger partial charge in [0.15, 0.2) is 0 Å². The van der Waals surface area contributed by atoms with Crippen molar-refractivity contribution in [3.63, 3.8) is 0 Å². The Morgan fingerprint density at radius 2 is 1.76 bits per heavy atom. The summed E-state index contributed by atoms with van der Waals surface area (Å²) in [5.41, 5.74) is 0. The summed E-state index contributed by atoms with van der Waals surface area (Å²) in [6.45, 7) is 12.7. The minimum Gasteiger partial charge on any atom is -0.339 e. The van der Waals surface area contributed by atoms with Gasteiger partial charge in [-0.3, -0.25) is 4.79 Å². The minimum absolute atomic E-state index is 0.183. The van der Waals surface area contributed by atoms with E-state index in [1.165, 1.54) is 0 Å². The van der Waals surface area contributed by atoms with Crippen molar-refractivity contribution in [2.45, 2.75) is 32.4 Å². The Morgan fingerprint density at radius 1 is 1.24 bits per heavy atom. The Kier molecular flexibility index (Phi) is 5.32. The molecule has 1 rings (SSSR count). The number of amides is 1. The summed E-state index contributed by atoms with van der Waals surface area (Å²) in [7, 11) is 2.11. The highest BCUT2D eigenvalue weighted by molar-refractivity contribution is 8.01. The maximum atomic E-state index is 12.1. The van der Waals surface area contributed by atoms with Crippen LogP contribution >= 0.6 is 11.8 Å². The second-order valence-electron chi connectivity index (χ2n) is 5.73. The number of thioether (sulfide) groups is 1. The molecule has 0 N–H and O–H groups in total. The maximum absolute atomic E-state index is 12.1. The topological polar surface area (TPSA) is 23.6 Å². The quantitative estimate of drug-likeness (QED) is 0.770. The van der Waals surface area contributed by atoms with E-state index >= 15 is 0 Å². The van der Waals surface area contributed by atoms with Gasteiger partial charge in [0.25, 0.3) is 0 Å². The van der Waals surface area contributed by atoms with Gasteiger partial charge >= 0.3 is 0 Å². The molecule has 1 aliphatic rings. The average molecular weight is 258 g/mol. The lowest BCUT2D eigenvalue weighted by Crippen LogP contribution is -2.48. The molecule has 0 unspecified atom stereocenters. The largest absolute Gasteiger partial charge is 0.339 e. The van der Waals surface area contributed by atoms with Crippen LogP contribution in [0.25, 0.3) is 0 Å². The first-order chi connectivity index (χ1) is 7.83. The lowest BCUT2D eigenvalue weighted by molar-refractivity contribution is -0.129. The molecular weight excluding hydrogens is 232 g/mol. The zero-order valence-corrected chi connectivity index (χ0v) is 12.6. The van der Waals surface area contributed by atoms with Crippen LogP contribution in [0.4, 0.5) is 0 Å². The van der Waals surface area contributed by atoms with Gasteiger partial charge in [-0.05, 0) is 13.0 Å². The van der Waals surface area contributed by atoms with Gasteiger partial charge in [0, 0.05) is 30.9 Å². The molecular formula is C13H26N2OS. The summed E-state index contributed by atoms with van der Waals surface area (Å²) in [5, 5.41) is 0. The van der Waals surface area contributed by atoms with Crippen molar-refractivity contribution in [3.05, 3.63) is 0 Å². The molecule has 1 fully saturated rings. The molecule has 0 radical (unpaired) electrons.